The van der Waals surface area contributed by atoms with Crippen molar-refractivity contribution in [1.29, 1.82) is 0 Å². The molecule has 1 fully saturated rings. The number of benzene rings is 2. The van der Waals surface area contributed by atoms with E-state index < -0.39 is 0 Å². The lowest BCUT2D eigenvalue weighted by Crippen LogP contribution is -2.49. The summed E-state index contributed by atoms with van der Waals surface area (Å²) in [5, 5.41) is 0. The highest BCUT2D eigenvalue weighted by atomic mass is 16.2. The summed E-state index contributed by atoms with van der Waals surface area (Å²) >= 11 is 0. The predicted octanol–water partition coefficient (Wildman–Crippen LogP) is 3.33. The van der Waals surface area contributed by atoms with Gasteiger partial charge in [-0.05, 0) is 37.1 Å². The Kier molecular flexibility index (Phi) is 5.84. The number of hydrogen-bond donors (Lipinski definition) is 0. The fourth-order valence-corrected chi connectivity index (χ4v) is 3.26. The third kappa shape index (κ3) is 4.38. The molecular weight excluding hydrogens is 324 g/mol. The molecule has 2 aromatic rings. The summed E-state index contributed by atoms with van der Waals surface area (Å²) in [6.45, 7) is 7.90. The molecular formula is C22H26N2O2. The molecule has 0 N–H and O–H groups in total. The van der Waals surface area contributed by atoms with E-state index in [0.717, 1.165) is 36.3 Å². The van der Waals surface area contributed by atoms with Crippen molar-refractivity contribution in [2.24, 2.45) is 0 Å². The number of aryl methyl sites for hydroxylation is 2. The minimum atomic E-state index is 0.105. The third-order valence-corrected chi connectivity index (χ3v) is 5.16. The van der Waals surface area contributed by atoms with Crippen LogP contribution in [0.4, 0.5) is 0 Å². The molecule has 1 aliphatic rings. The van der Waals surface area contributed by atoms with E-state index in [1.165, 1.54) is 5.56 Å². The van der Waals surface area contributed by atoms with Gasteiger partial charge in [-0.2, -0.15) is 0 Å². The summed E-state index contributed by atoms with van der Waals surface area (Å²) in [5.74, 6) is 0.285. The molecule has 1 aliphatic heterocycles. The van der Waals surface area contributed by atoms with Gasteiger partial charge in [-0.3, -0.25) is 14.5 Å². The second-order valence-corrected chi connectivity index (χ2v) is 6.97. The summed E-state index contributed by atoms with van der Waals surface area (Å²) in [5.41, 5.74) is 3.89. The number of ketones is 1. The normalized spacial score (nSPS) is 15.1. The average Bonchev–Trinajstić information content (AvgIpc) is 2.69. The Morgan fingerprint density at radius 1 is 0.846 bits per heavy atom. The Bertz CT molecular complexity index is 778. The van der Waals surface area contributed by atoms with Crippen molar-refractivity contribution in [3.05, 3.63) is 70.8 Å². The monoisotopic (exact) mass is 350 g/mol. The van der Waals surface area contributed by atoms with Gasteiger partial charge < -0.3 is 4.90 Å². The van der Waals surface area contributed by atoms with Crippen molar-refractivity contribution in [2.75, 3.05) is 32.7 Å². The van der Waals surface area contributed by atoms with Crippen LogP contribution in [-0.2, 0) is 0 Å². The summed E-state index contributed by atoms with van der Waals surface area (Å²) in [7, 11) is 0. The van der Waals surface area contributed by atoms with Crippen molar-refractivity contribution in [1.82, 2.24) is 9.80 Å². The molecule has 0 saturated carbocycles. The van der Waals surface area contributed by atoms with E-state index in [-0.39, 0.29) is 11.7 Å². The zero-order valence-corrected chi connectivity index (χ0v) is 15.6. The Labute approximate surface area is 155 Å². The van der Waals surface area contributed by atoms with Gasteiger partial charge in [-0.1, -0.05) is 36.4 Å². The highest BCUT2D eigenvalue weighted by Gasteiger charge is 2.22. The molecule has 3 rings (SSSR count). The van der Waals surface area contributed by atoms with Gasteiger partial charge in [-0.25, -0.2) is 0 Å². The number of piperazine rings is 1. The van der Waals surface area contributed by atoms with E-state index in [1.54, 1.807) is 0 Å². The average molecular weight is 350 g/mol. The Morgan fingerprint density at radius 2 is 1.54 bits per heavy atom. The van der Waals surface area contributed by atoms with Gasteiger partial charge in [0.2, 0.25) is 0 Å². The first-order valence-corrected chi connectivity index (χ1v) is 9.22. The Hall–Kier alpha value is -2.46. The molecule has 4 nitrogen and oxygen atoms in total. The number of hydrogen-bond acceptors (Lipinski definition) is 3. The van der Waals surface area contributed by atoms with Gasteiger partial charge in [0.1, 0.15) is 0 Å². The van der Waals surface area contributed by atoms with Crippen LogP contribution in [0, 0.1) is 13.8 Å². The summed E-state index contributed by atoms with van der Waals surface area (Å²) in [6.07, 6.45) is 0.523. The molecule has 4 heteroatoms. The van der Waals surface area contributed by atoms with E-state index in [2.05, 4.69) is 11.8 Å². The molecule has 0 aromatic heterocycles. The van der Waals surface area contributed by atoms with Crippen LogP contribution in [0.25, 0.3) is 0 Å². The predicted molar refractivity (Wildman–Crippen MR) is 104 cm³/mol. The zero-order chi connectivity index (χ0) is 18.5. The molecule has 26 heavy (non-hydrogen) atoms. The molecule has 1 amide bonds. The quantitative estimate of drug-likeness (QED) is 0.777. The number of amides is 1. The van der Waals surface area contributed by atoms with Crippen molar-refractivity contribution < 1.29 is 9.59 Å². The molecule has 0 atom stereocenters. The largest absolute Gasteiger partial charge is 0.336 e. The van der Waals surface area contributed by atoms with Crippen LogP contribution >= 0.6 is 0 Å². The molecule has 1 saturated heterocycles. The second-order valence-electron chi connectivity index (χ2n) is 6.97. The first-order chi connectivity index (χ1) is 12.5. The third-order valence-electron chi connectivity index (χ3n) is 5.16. The van der Waals surface area contributed by atoms with Crippen LogP contribution < -0.4 is 0 Å². The first kappa shape index (κ1) is 18.3. The van der Waals surface area contributed by atoms with Crippen LogP contribution in [0.2, 0.25) is 0 Å². The number of nitrogens with zero attached hydrogens (tertiary/aromatic N) is 2. The van der Waals surface area contributed by atoms with E-state index in [0.29, 0.717) is 19.5 Å². The minimum absolute atomic E-state index is 0.105. The summed E-state index contributed by atoms with van der Waals surface area (Å²) in [4.78, 5) is 29.1. The molecule has 0 bridgehead atoms. The molecule has 2 aromatic carbocycles. The summed E-state index contributed by atoms with van der Waals surface area (Å²) < 4.78 is 0. The number of carbonyl (C=O) groups excluding carboxylic acids is 2. The zero-order valence-electron chi connectivity index (χ0n) is 15.6. The van der Waals surface area contributed by atoms with E-state index in [9.17, 15) is 9.59 Å². The fraction of sp³-hybridized carbons (Fsp3) is 0.364. The van der Waals surface area contributed by atoms with Gasteiger partial charge >= 0.3 is 0 Å². The maximum Gasteiger partial charge on any atom is 0.253 e. The van der Waals surface area contributed by atoms with Crippen LogP contribution in [0.1, 0.15) is 38.3 Å². The maximum atomic E-state index is 12.7. The lowest BCUT2D eigenvalue weighted by Gasteiger charge is -2.34. The van der Waals surface area contributed by atoms with Crippen LogP contribution in [0.5, 0.6) is 0 Å². The number of carbonyl (C=O) groups is 2. The lowest BCUT2D eigenvalue weighted by molar-refractivity contribution is 0.0628. The van der Waals surface area contributed by atoms with Crippen LogP contribution in [-0.4, -0.2) is 54.2 Å². The Morgan fingerprint density at radius 3 is 2.19 bits per heavy atom. The SMILES string of the molecule is Cc1ccc(C(=O)N2CCN(CCC(=O)c3ccccc3)CC2)cc1C. The molecule has 0 unspecified atom stereocenters. The smallest absolute Gasteiger partial charge is 0.253 e. The maximum absolute atomic E-state index is 12.7. The van der Waals surface area contributed by atoms with E-state index >= 15 is 0 Å². The van der Waals surface area contributed by atoms with Crippen molar-refractivity contribution in [2.45, 2.75) is 20.3 Å². The van der Waals surface area contributed by atoms with E-state index in [1.807, 2.05) is 60.4 Å². The highest BCUT2D eigenvalue weighted by molar-refractivity contribution is 5.96. The van der Waals surface area contributed by atoms with Gasteiger partial charge in [0.15, 0.2) is 5.78 Å². The van der Waals surface area contributed by atoms with Crippen molar-refractivity contribution in [3.8, 4) is 0 Å². The van der Waals surface area contributed by atoms with Crippen molar-refractivity contribution >= 4 is 11.7 Å². The molecule has 0 spiro atoms. The number of Topliss-reactive ketones (excluding diaryl/α,β-unsaturated/α-hetero) is 1. The Balaban J connectivity index is 1.48. The van der Waals surface area contributed by atoms with E-state index in [4.69, 9.17) is 0 Å². The highest BCUT2D eigenvalue weighted by Crippen LogP contribution is 2.14. The van der Waals surface area contributed by atoms with Gasteiger partial charge in [0.25, 0.3) is 5.91 Å². The standard InChI is InChI=1S/C22H26N2O2/c1-17-8-9-20(16-18(17)2)22(26)24-14-12-23(13-15-24)11-10-21(25)19-6-4-3-5-7-19/h3-9,16H,10-15H2,1-2H3. The number of rotatable bonds is 5. The molecule has 0 aliphatic carbocycles. The minimum Gasteiger partial charge on any atom is -0.336 e. The fourth-order valence-electron chi connectivity index (χ4n) is 3.26. The second kappa shape index (κ2) is 8.28. The first-order valence-electron chi connectivity index (χ1n) is 9.22. The molecule has 1 heterocycles. The van der Waals surface area contributed by atoms with Crippen LogP contribution in [0.15, 0.2) is 48.5 Å². The van der Waals surface area contributed by atoms with Gasteiger partial charge in [0.05, 0.1) is 0 Å². The van der Waals surface area contributed by atoms with Gasteiger partial charge in [0, 0.05) is 50.3 Å². The van der Waals surface area contributed by atoms with Gasteiger partial charge in [-0.15, -0.1) is 0 Å². The lowest BCUT2D eigenvalue weighted by atomic mass is 10.1. The van der Waals surface area contributed by atoms with Crippen LogP contribution in [0.3, 0.4) is 0 Å². The molecule has 136 valence electrons. The van der Waals surface area contributed by atoms with Crippen molar-refractivity contribution in [3.63, 3.8) is 0 Å². The topological polar surface area (TPSA) is 40.6 Å². The molecule has 0 radical (unpaired) electrons. The summed E-state index contributed by atoms with van der Waals surface area (Å²) in [6, 6.07) is 15.3.